The number of nitrogens with zero attached hydrogens (tertiary/aromatic N) is 1. The maximum Gasteiger partial charge on any atom is 0.573 e. The second kappa shape index (κ2) is 7.56. The van der Waals surface area contributed by atoms with Crippen molar-refractivity contribution < 1.29 is 36.4 Å². The Morgan fingerprint density at radius 1 is 1.32 bits per heavy atom. The summed E-state index contributed by atoms with van der Waals surface area (Å²) in [7, 11) is 1.17. The number of rotatable bonds is 3. The van der Waals surface area contributed by atoms with Gasteiger partial charge in [-0.2, -0.15) is 5.16 Å². The average molecular weight is 404 g/mol. The molecule has 0 aliphatic carbocycles. The van der Waals surface area contributed by atoms with E-state index in [0.717, 1.165) is 12.1 Å². The monoisotopic (exact) mass is 404 g/mol. The summed E-state index contributed by atoms with van der Waals surface area (Å²) in [5, 5.41) is 2.17. The lowest BCUT2D eigenvalue weighted by molar-refractivity contribution is -0.274. The van der Waals surface area contributed by atoms with Crippen LogP contribution in [0.4, 0.5) is 22.4 Å². The van der Waals surface area contributed by atoms with Gasteiger partial charge in [-0.05, 0) is 18.9 Å². The molecule has 0 spiro atoms. The fraction of sp³-hybridized carbons (Fsp3) is 0.412. The number of aromatic amines is 1. The quantitative estimate of drug-likeness (QED) is 0.789. The van der Waals surface area contributed by atoms with Crippen molar-refractivity contribution in [2.24, 2.45) is 0 Å². The van der Waals surface area contributed by atoms with Gasteiger partial charge < -0.3 is 18.9 Å². The third kappa shape index (κ3) is 4.29. The van der Waals surface area contributed by atoms with Gasteiger partial charge in [0.25, 0.3) is 5.56 Å². The van der Waals surface area contributed by atoms with Crippen LogP contribution in [0.2, 0.25) is 0 Å². The number of carbonyl (C=O) groups excluding carboxylic acids is 1. The Balaban J connectivity index is 1.91. The second-order valence-electron chi connectivity index (χ2n) is 6.25. The fourth-order valence-corrected chi connectivity index (χ4v) is 3.33. The number of piperidine rings is 1. The van der Waals surface area contributed by atoms with E-state index < -0.39 is 35.6 Å². The number of ether oxygens (including phenoxy) is 2. The summed E-state index contributed by atoms with van der Waals surface area (Å²) in [5.74, 6) is -1.61. The zero-order chi connectivity index (χ0) is 20.5. The summed E-state index contributed by atoms with van der Waals surface area (Å²) in [5.41, 5.74) is -0.427. The summed E-state index contributed by atoms with van der Waals surface area (Å²) >= 11 is 0. The van der Waals surface area contributed by atoms with Crippen LogP contribution in [0.3, 0.4) is 0 Å². The lowest BCUT2D eigenvalue weighted by Gasteiger charge is -2.38. The van der Waals surface area contributed by atoms with Crippen LogP contribution in [-0.4, -0.2) is 36.2 Å². The van der Waals surface area contributed by atoms with Crippen molar-refractivity contribution in [2.45, 2.75) is 31.2 Å². The minimum Gasteiger partial charge on any atom is -0.453 e. The first kappa shape index (κ1) is 19.8. The van der Waals surface area contributed by atoms with E-state index in [-0.39, 0.29) is 24.4 Å². The van der Waals surface area contributed by atoms with E-state index in [9.17, 15) is 27.2 Å². The first-order valence-corrected chi connectivity index (χ1v) is 8.26. The highest BCUT2D eigenvalue weighted by Crippen LogP contribution is 2.41. The number of H-pyrrole nitrogens is 1. The van der Waals surface area contributed by atoms with E-state index in [1.54, 1.807) is 0 Å². The van der Waals surface area contributed by atoms with E-state index in [2.05, 4.69) is 9.89 Å². The minimum atomic E-state index is -4.95. The van der Waals surface area contributed by atoms with E-state index in [4.69, 9.17) is 9.26 Å². The molecule has 0 unspecified atom stereocenters. The van der Waals surface area contributed by atoms with E-state index in [1.165, 1.54) is 18.1 Å². The van der Waals surface area contributed by atoms with E-state index in [1.807, 2.05) is 0 Å². The van der Waals surface area contributed by atoms with Crippen LogP contribution >= 0.6 is 0 Å². The number of likely N-dealkylation sites (tertiary alicyclic amines) is 1. The number of benzene rings is 1. The summed E-state index contributed by atoms with van der Waals surface area (Å²) in [6, 6.07) is 3.16. The third-order valence-electron chi connectivity index (χ3n) is 4.52. The number of amides is 1. The van der Waals surface area contributed by atoms with Crippen LogP contribution in [0.1, 0.15) is 36.1 Å². The summed E-state index contributed by atoms with van der Waals surface area (Å²) in [4.78, 5) is 24.7. The van der Waals surface area contributed by atoms with Gasteiger partial charge in [-0.15, -0.1) is 13.2 Å². The molecule has 152 valence electrons. The number of alkyl halides is 3. The lowest BCUT2D eigenvalue weighted by Crippen LogP contribution is -2.40. The van der Waals surface area contributed by atoms with E-state index in [0.29, 0.717) is 18.2 Å². The molecule has 1 N–H and O–H groups in total. The minimum absolute atomic E-state index is 0.00232. The van der Waals surface area contributed by atoms with Crippen molar-refractivity contribution in [1.29, 1.82) is 0 Å². The molecule has 3 rings (SSSR count). The molecule has 0 bridgehead atoms. The molecule has 0 radical (unpaired) electrons. The molecule has 1 aliphatic heterocycles. The summed E-state index contributed by atoms with van der Waals surface area (Å²) < 4.78 is 65.1. The number of aromatic nitrogens is 1. The predicted molar refractivity (Wildman–Crippen MR) is 86.2 cm³/mol. The van der Waals surface area contributed by atoms with E-state index >= 15 is 0 Å². The number of methoxy groups -OCH3 is 1. The fourth-order valence-electron chi connectivity index (χ4n) is 3.33. The van der Waals surface area contributed by atoms with Gasteiger partial charge in [0.05, 0.1) is 13.2 Å². The maximum atomic E-state index is 14.6. The van der Waals surface area contributed by atoms with Gasteiger partial charge in [-0.25, -0.2) is 9.18 Å². The van der Waals surface area contributed by atoms with Gasteiger partial charge in [0, 0.05) is 30.2 Å². The van der Waals surface area contributed by atoms with Crippen LogP contribution in [0.15, 0.2) is 33.6 Å². The lowest BCUT2D eigenvalue weighted by atomic mass is 9.85. The number of hydrogen-bond acceptors (Lipinski definition) is 5. The Kier molecular flexibility index (Phi) is 5.34. The molecule has 1 aliphatic rings. The predicted octanol–water partition coefficient (Wildman–Crippen LogP) is 3.69. The van der Waals surface area contributed by atoms with Crippen molar-refractivity contribution in [3.8, 4) is 5.75 Å². The summed E-state index contributed by atoms with van der Waals surface area (Å²) in [6.07, 6.45) is -5.03. The average Bonchev–Trinajstić information content (AvgIpc) is 3.06. The van der Waals surface area contributed by atoms with Crippen molar-refractivity contribution >= 4 is 6.09 Å². The topological polar surface area (TPSA) is 84.8 Å². The molecule has 1 aromatic carbocycles. The molecule has 11 heteroatoms. The molecular weight excluding hydrogens is 388 g/mol. The highest BCUT2D eigenvalue weighted by Gasteiger charge is 2.37. The van der Waals surface area contributed by atoms with Crippen molar-refractivity contribution in [2.75, 3.05) is 13.7 Å². The Hall–Kier alpha value is -2.98. The zero-order valence-electron chi connectivity index (χ0n) is 14.6. The molecule has 1 aromatic heterocycles. The van der Waals surface area contributed by atoms with Gasteiger partial charge in [-0.3, -0.25) is 4.79 Å². The Morgan fingerprint density at radius 3 is 2.64 bits per heavy atom. The highest BCUT2D eigenvalue weighted by atomic mass is 19.4. The standard InChI is InChI=1S/C17H16F4N2O5/c1-26-16(25)23-5-4-9(14-8-15(24)22-28-14)6-13(23)11-3-2-10(7-12(11)18)27-17(19,20)21/h2-3,7-9,13H,4-6H2,1H3,(H,22,24)/t9-,13-/m1/s1. The second-order valence-corrected chi connectivity index (χ2v) is 6.25. The Labute approximate surface area is 155 Å². The molecule has 0 saturated carbocycles. The third-order valence-corrected chi connectivity index (χ3v) is 4.52. The number of halogens is 4. The molecule has 1 fully saturated rings. The molecular formula is C17H16F4N2O5. The van der Waals surface area contributed by atoms with Crippen LogP contribution in [-0.2, 0) is 4.74 Å². The highest BCUT2D eigenvalue weighted by molar-refractivity contribution is 5.68. The molecule has 2 atom stereocenters. The maximum absolute atomic E-state index is 14.6. The Morgan fingerprint density at radius 2 is 2.07 bits per heavy atom. The summed E-state index contributed by atoms with van der Waals surface area (Å²) in [6.45, 7) is 0.178. The van der Waals surface area contributed by atoms with Gasteiger partial charge in [0.15, 0.2) is 0 Å². The zero-order valence-corrected chi connectivity index (χ0v) is 14.6. The van der Waals surface area contributed by atoms with Gasteiger partial charge in [0.1, 0.15) is 17.3 Å². The first-order valence-electron chi connectivity index (χ1n) is 8.26. The molecule has 1 saturated heterocycles. The number of carbonyl (C=O) groups is 1. The number of hydrogen-bond donors (Lipinski definition) is 1. The Bertz CT molecular complexity index is 907. The van der Waals surface area contributed by atoms with Gasteiger partial charge in [-0.1, -0.05) is 6.07 Å². The molecule has 7 nitrogen and oxygen atoms in total. The smallest absolute Gasteiger partial charge is 0.453 e. The van der Waals surface area contributed by atoms with Crippen molar-refractivity contribution in [1.82, 2.24) is 10.1 Å². The van der Waals surface area contributed by atoms with Crippen molar-refractivity contribution in [3.63, 3.8) is 0 Å². The SMILES string of the molecule is COC(=O)N1CC[C@@H](c2cc(=O)[nH]o2)C[C@@H]1c1ccc(OC(F)(F)F)cc1F. The largest absolute Gasteiger partial charge is 0.573 e. The number of nitrogens with one attached hydrogen (secondary N) is 1. The van der Waals surface area contributed by atoms with Gasteiger partial charge in [0.2, 0.25) is 0 Å². The van der Waals surface area contributed by atoms with Crippen LogP contribution in [0, 0.1) is 5.82 Å². The van der Waals surface area contributed by atoms with Crippen LogP contribution < -0.4 is 10.3 Å². The van der Waals surface area contributed by atoms with Crippen LogP contribution in [0.25, 0.3) is 0 Å². The molecule has 1 amide bonds. The van der Waals surface area contributed by atoms with Crippen LogP contribution in [0.5, 0.6) is 5.75 Å². The molecule has 2 heterocycles. The molecule has 2 aromatic rings. The van der Waals surface area contributed by atoms with Crippen molar-refractivity contribution in [3.05, 3.63) is 51.8 Å². The molecule has 28 heavy (non-hydrogen) atoms. The van der Waals surface area contributed by atoms with Gasteiger partial charge >= 0.3 is 12.5 Å². The first-order chi connectivity index (χ1) is 13.2. The normalized spacial score (nSPS) is 20.1.